The number of nitrogens with zero attached hydrogens (tertiary/aromatic N) is 4. The van der Waals surface area contributed by atoms with Gasteiger partial charge in [-0.15, -0.1) is 0 Å². The molecule has 2 rings (SSSR count). The highest BCUT2D eigenvalue weighted by Gasteiger charge is 2.22. The van der Waals surface area contributed by atoms with Crippen molar-refractivity contribution in [3.63, 3.8) is 0 Å². The average Bonchev–Trinajstić information content (AvgIpc) is 2.60. The van der Waals surface area contributed by atoms with E-state index in [0.717, 1.165) is 25.3 Å². The largest absolute Gasteiger partial charge is 0.480 e. The SMILES string of the molecule is CCCN(CCC(=O)N1CCN(c2ccccn2)CC1)CC(=O)O. The molecule has 1 aliphatic heterocycles. The van der Waals surface area contributed by atoms with Gasteiger partial charge < -0.3 is 14.9 Å². The zero-order valence-corrected chi connectivity index (χ0v) is 14.2. The summed E-state index contributed by atoms with van der Waals surface area (Å²) >= 11 is 0. The quantitative estimate of drug-likeness (QED) is 0.762. The summed E-state index contributed by atoms with van der Waals surface area (Å²) in [4.78, 5) is 33.4. The van der Waals surface area contributed by atoms with Crippen LogP contribution in [0.15, 0.2) is 24.4 Å². The predicted molar refractivity (Wildman–Crippen MR) is 92.0 cm³/mol. The van der Waals surface area contributed by atoms with Crippen LogP contribution in [-0.4, -0.2) is 77.6 Å². The molecule has 1 fully saturated rings. The maximum atomic E-state index is 12.4. The predicted octanol–water partition coefficient (Wildman–Crippen LogP) is 0.917. The Kier molecular flexibility index (Phi) is 6.99. The molecule has 132 valence electrons. The first-order valence-corrected chi connectivity index (χ1v) is 8.48. The highest BCUT2D eigenvalue weighted by molar-refractivity contribution is 5.77. The standard InChI is InChI=1S/C17H26N4O3/c1-2-8-19(14-17(23)24)9-6-16(22)21-12-10-20(11-13-21)15-5-3-4-7-18-15/h3-5,7H,2,6,8-14H2,1H3,(H,23,24). The summed E-state index contributed by atoms with van der Waals surface area (Å²) in [5, 5.41) is 8.91. The molecule has 1 aromatic rings. The van der Waals surface area contributed by atoms with Gasteiger partial charge >= 0.3 is 5.97 Å². The van der Waals surface area contributed by atoms with Gasteiger partial charge in [-0.2, -0.15) is 0 Å². The van der Waals surface area contributed by atoms with E-state index < -0.39 is 5.97 Å². The molecule has 1 saturated heterocycles. The first kappa shape index (κ1) is 18.2. The Labute approximate surface area is 142 Å². The maximum Gasteiger partial charge on any atom is 0.317 e. The smallest absolute Gasteiger partial charge is 0.317 e. The Morgan fingerprint density at radius 2 is 1.96 bits per heavy atom. The van der Waals surface area contributed by atoms with Gasteiger partial charge in [-0.05, 0) is 25.1 Å². The zero-order chi connectivity index (χ0) is 17.4. The van der Waals surface area contributed by atoms with E-state index in [9.17, 15) is 9.59 Å². The molecule has 1 aromatic heterocycles. The molecule has 0 unspecified atom stereocenters. The van der Waals surface area contributed by atoms with Crippen LogP contribution in [0.25, 0.3) is 0 Å². The molecule has 24 heavy (non-hydrogen) atoms. The van der Waals surface area contributed by atoms with Gasteiger partial charge in [0.25, 0.3) is 0 Å². The topological polar surface area (TPSA) is 77.0 Å². The van der Waals surface area contributed by atoms with E-state index in [1.54, 1.807) is 6.20 Å². The van der Waals surface area contributed by atoms with E-state index in [2.05, 4.69) is 9.88 Å². The van der Waals surface area contributed by atoms with Crippen molar-refractivity contribution >= 4 is 17.7 Å². The molecule has 0 saturated carbocycles. The number of pyridine rings is 1. The Morgan fingerprint density at radius 3 is 2.54 bits per heavy atom. The van der Waals surface area contributed by atoms with Crippen molar-refractivity contribution in [3.05, 3.63) is 24.4 Å². The number of carbonyl (C=O) groups is 2. The zero-order valence-electron chi connectivity index (χ0n) is 14.2. The van der Waals surface area contributed by atoms with Gasteiger partial charge in [-0.3, -0.25) is 14.5 Å². The van der Waals surface area contributed by atoms with Crippen LogP contribution in [-0.2, 0) is 9.59 Å². The Balaban J connectivity index is 1.77. The minimum Gasteiger partial charge on any atom is -0.480 e. The molecule has 1 N–H and O–H groups in total. The maximum absolute atomic E-state index is 12.4. The summed E-state index contributed by atoms with van der Waals surface area (Å²) < 4.78 is 0. The number of amides is 1. The van der Waals surface area contributed by atoms with Crippen molar-refractivity contribution in [3.8, 4) is 0 Å². The van der Waals surface area contributed by atoms with E-state index >= 15 is 0 Å². The lowest BCUT2D eigenvalue weighted by Gasteiger charge is -2.35. The minimum absolute atomic E-state index is 0.00538. The molecule has 0 bridgehead atoms. The Morgan fingerprint density at radius 1 is 1.21 bits per heavy atom. The third-order valence-electron chi connectivity index (χ3n) is 4.15. The molecule has 0 spiro atoms. The molecule has 7 nitrogen and oxygen atoms in total. The molecule has 1 amide bonds. The van der Waals surface area contributed by atoms with Crippen LogP contribution < -0.4 is 4.90 Å². The second-order valence-corrected chi connectivity index (χ2v) is 5.98. The third-order valence-corrected chi connectivity index (χ3v) is 4.15. The fraction of sp³-hybridized carbons (Fsp3) is 0.588. The van der Waals surface area contributed by atoms with Crippen molar-refractivity contribution in [2.45, 2.75) is 19.8 Å². The molecule has 7 heteroatoms. The second-order valence-electron chi connectivity index (χ2n) is 5.98. The van der Waals surface area contributed by atoms with Crippen molar-refractivity contribution in [2.75, 3.05) is 50.7 Å². The fourth-order valence-electron chi connectivity index (χ4n) is 2.92. The summed E-state index contributed by atoms with van der Waals surface area (Å²) in [5.41, 5.74) is 0. The number of aliphatic carboxylic acids is 1. The molecule has 0 aliphatic carbocycles. The number of hydrogen-bond acceptors (Lipinski definition) is 5. The summed E-state index contributed by atoms with van der Waals surface area (Å²) in [6.07, 6.45) is 3.03. The van der Waals surface area contributed by atoms with Gasteiger partial charge in [-0.1, -0.05) is 13.0 Å². The van der Waals surface area contributed by atoms with Crippen LogP contribution in [0.2, 0.25) is 0 Å². The molecule has 0 radical (unpaired) electrons. The van der Waals surface area contributed by atoms with E-state index in [1.165, 1.54) is 0 Å². The number of carbonyl (C=O) groups excluding carboxylic acids is 1. The lowest BCUT2D eigenvalue weighted by Crippen LogP contribution is -2.49. The molecular weight excluding hydrogens is 308 g/mol. The minimum atomic E-state index is -0.847. The van der Waals surface area contributed by atoms with Crippen LogP contribution in [0.3, 0.4) is 0 Å². The molecule has 1 aliphatic rings. The van der Waals surface area contributed by atoms with Crippen LogP contribution >= 0.6 is 0 Å². The summed E-state index contributed by atoms with van der Waals surface area (Å²) in [7, 11) is 0. The highest BCUT2D eigenvalue weighted by atomic mass is 16.4. The van der Waals surface area contributed by atoms with Gasteiger partial charge in [0.15, 0.2) is 0 Å². The van der Waals surface area contributed by atoms with Gasteiger partial charge in [0.2, 0.25) is 5.91 Å². The average molecular weight is 334 g/mol. The lowest BCUT2D eigenvalue weighted by atomic mass is 10.2. The van der Waals surface area contributed by atoms with Crippen LogP contribution in [0.5, 0.6) is 0 Å². The van der Waals surface area contributed by atoms with Crippen molar-refractivity contribution < 1.29 is 14.7 Å². The lowest BCUT2D eigenvalue weighted by molar-refractivity contribution is -0.139. The normalized spacial score (nSPS) is 14.9. The van der Waals surface area contributed by atoms with Gasteiger partial charge in [0.1, 0.15) is 5.82 Å². The number of piperazine rings is 1. The highest BCUT2D eigenvalue weighted by Crippen LogP contribution is 2.13. The van der Waals surface area contributed by atoms with Crippen LogP contribution in [0, 0.1) is 0 Å². The first-order valence-electron chi connectivity index (χ1n) is 8.48. The van der Waals surface area contributed by atoms with E-state index in [4.69, 9.17) is 5.11 Å². The number of carboxylic acids is 1. The van der Waals surface area contributed by atoms with E-state index in [1.807, 2.05) is 34.9 Å². The van der Waals surface area contributed by atoms with E-state index in [-0.39, 0.29) is 12.5 Å². The fourth-order valence-corrected chi connectivity index (χ4v) is 2.92. The monoisotopic (exact) mass is 334 g/mol. The van der Waals surface area contributed by atoms with Gasteiger partial charge in [-0.25, -0.2) is 4.98 Å². The van der Waals surface area contributed by atoms with Crippen LogP contribution in [0.4, 0.5) is 5.82 Å². The molecule has 0 aromatic carbocycles. The third kappa shape index (κ3) is 5.49. The van der Waals surface area contributed by atoms with Gasteiger partial charge in [0, 0.05) is 45.3 Å². The second kappa shape index (κ2) is 9.22. The van der Waals surface area contributed by atoms with Crippen molar-refractivity contribution in [1.29, 1.82) is 0 Å². The molecule has 2 heterocycles. The van der Waals surface area contributed by atoms with Crippen molar-refractivity contribution in [1.82, 2.24) is 14.8 Å². The number of hydrogen-bond donors (Lipinski definition) is 1. The Hall–Kier alpha value is -2.15. The number of rotatable bonds is 8. The summed E-state index contributed by atoms with van der Waals surface area (Å²) in [6, 6.07) is 5.83. The number of carboxylic acid groups (broad SMARTS) is 1. The summed E-state index contributed by atoms with van der Waals surface area (Å²) in [5.74, 6) is 0.196. The Bertz CT molecular complexity index is 530. The van der Waals surface area contributed by atoms with Crippen LogP contribution in [0.1, 0.15) is 19.8 Å². The molecule has 0 atom stereocenters. The molecular formula is C17H26N4O3. The van der Waals surface area contributed by atoms with E-state index in [0.29, 0.717) is 32.6 Å². The van der Waals surface area contributed by atoms with Crippen molar-refractivity contribution in [2.24, 2.45) is 0 Å². The number of anilines is 1. The van der Waals surface area contributed by atoms with Gasteiger partial charge in [0.05, 0.1) is 6.54 Å². The first-order chi connectivity index (χ1) is 11.6. The number of aromatic nitrogens is 1. The summed E-state index contributed by atoms with van der Waals surface area (Å²) in [6.45, 7) is 6.12.